The van der Waals surface area contributed by atoms with Crippen molar-refractivity contribution < 1.29 is 4.39 Å². The Hall–Kier alpha value is -0.700. The predicted molar refractivity (Wildman–Crippen MR) is 36.6 cm³/mol. The molecule has 0 aliphatic rings. The molecule has 54 valence electrons. The molecule has 0 N–H and O–H groups in total. The van der Waals surface area contributed by atoms with Gasteiger partial charge in [-0.2, -0.15) is 0 Å². The minimum Gasteiger partial charge on any atom is -0.244 e. The molecule has 10 heavy (non-hydrogen) atoms. The number of aromatic nitrogens is 2. The largest absolute Gasteiger partial charge is 0.244 e. The second kappa shape index (κ2) is 2.92. The fraction of sp³-hybridized carbons (Fsp3) is 0.333. The summed E-state index contributed by atoms with van der Waals surface area (Å²) in [5.41, 5.74) is 0.331. The van der Waals surface area contributed by atoms with E-state index in [1.165, 1.54) is 6.07 Å². The zero-order valence-corrected chi connectivity index (χ0v) is 6.19. The van der Waals surface area contributed by atoms with Gasteiger partial charge in [0.1, 0.15) is 17.7 Å². The second-order valence-corrected chi connectivity index (χ2v) is 2.25. The minimum absolute atomic E-state index is 0.292. The standard InChI is InChI=1S/C6H6ClFN2/c1-4-9-5(3-8)2-6(7)10-4/h2H,3H2,1H3. The average Bonchev–Trinajstić information content (AvgIpc) is 1.85. The van der Waals surface area contributed by atoms with Gasteiger partial charge >= 0.3 is 0 Å². The molecule has 0 bridgehead atoms. The SMILES string of the molecule is Cc1nc(Cl)cc(CF)n1. The van der Waals surface area contributed by atoms with Crippen LogP contribution in [0.25, 0.3) is 0 Å². The van der Waals surface area contributed by atoms with Crippen LogP contribution in [-0.2, 0) is 6.67 Å². The Morgan fingerprint density at radius 1 is 1.60 bits per heavy atom. The summed E-state index contributed by atoms with van der Waals surface area (Å²) in [5, 5.41) is 0.292. The Kier molecular flexibility index (Phi) is 2.17. The van der Waals surface area contributed by atoms with E-state index in [1.807, 2.05) is 0 Å². The highest BCUT2D eigenvalue weighted by molar-refractivity contribution is 6.29. The van der Waals surface area contributed by atoms with Crippen molar-refractivity contribution in [3.63, 3.8) is 0 Å². The molecular weight excluding hydrogens is 155 g/mol. The first-order valence-corrected chi connectivity index (χ1v) is 3.16. The van der Waals surface area contributed by atoms with Crippen molar-refractivity contribution in [1.29, 1.82) is 0 Å². The Balaban J connectivity index is 3.06. The van der Waals surface area contributed by atoms with Gasteiger partial charge in [0, 0.05) is 0 Å². The van der Waals surface area contributed by atoms with Crippen molar-refractivity contribution in [1.82, 2.24) is 9.97 Å². The van der Waals surface area contributed by atoms with E-state index >= 15 is 0 Å². The van der Waals surface area contributed by atoms with Gasteiger partial charge in [-0.25, -0.2) is 14.4 Å². The lowest BCUT2D eigenvalue weighted by molar-refractivity contribution is 0.474. The van der Waals surface area contributed by atoms with Gasteiger partial charge in [0.05, 0.1) is 5.69 Å². The first-order chi connectivity index (χ1) is 4.72. The lowest BCUT2D eigenvalue weighted by Crippen LogP contribution is -1.92. The van der Waals surface area contributed by atoms with E-state index in [-0.39, 0.29) is 0 Å². The van der Waals surface area contributed by atoms with Crippen molar-refractivity contribution >= 4 is 11.6 Å². The lowest BCUT2D eigenvalue weighted by Gasteiger charge is -1.95. The molecular formula is C6H6ClFN2. The summed E-state index contributed by atoms with van der Waals surface area (Å²) in [7, 11) is 0. The predicted octanol–water partition coefficient (Wildman–Crippen LogP) is 1.91. The van der Waals surface area contributed by atoms with E-state index in [0.717, 1.165) is 0 Å². The number of rotatable bonds is 1. The zero-order valence-electron chi connectivity index (χ0n) is 5.43. The first kappa shape index (κ1) is 7.41. The molecule has 0 fully saturated rings. The molecule has 1 rings (SSSR count). The molecule has 0 saturated carbocycles. The van der Waals surface area contributed by atoms with Gasteiger partial charge in [-0.15, -0.1) is 0 Å². The zero-order chi connectivity index (χ0) is 7.56. The summed E-state index contributed by atoms with van der Waals surface area (Å²) in [5.74, 6) is 0.500. The molecule has 1 heterocycles. The van der Waals surface area contributed by atoms with Crippen molar-refractivity contribution in [2.45, 2.75) is 13.6 Å². The number of hydrogen-bond acceptors (Lipinski definition) is 2. The van der Waals surface area contributed by atoms with Gasteiger partial charge in [-0.3, -0.25) is 0 Å². The van der Waals surface area contributed by atoms with Crippen LogP contribution in [0.15, 0.2) is 6.07 Å². The molecule has 0 atom stereocenters. The van der Waals surface area contributed by atoms with Crippen LogP contribution >= 0.6 is 11.6 Å². The first-order valence-electron chi connectivity index (χ1n) is 2.78. The van der Waals surface area contributed by atoms with Gasteiger partial charge in [-0.1, -0.05) is 11.6 Å². The van der Waals surface area contributed by atoms with Gasteiger partial charge in [0.2, 0.25) is 0 Å². The molecule has 1 aromatic heterocycles. The molecule has 2 nitrogen and oxygen atoms in total. The number of halogens is 2. The molecule has 0 unspecified atom stereocenters. The highest BCUT2D eigenvalue weighted by Crippen LogP contribution is 2.07. The molecule has 0 radical (unpaired) electrons. The fourth-order valence-electron chi connectivity index (χ4n) is 0.658. The Bertz CT molecular complexity index is 219. The Morgan fingerprint density at radius 3 is 2.80 bits per heavy atom. The maximum absolute atomic E-state index is 11.9. The van der Waals surface area contributed by atoms with Crippen LogP contribution in [0, 0.1) is 6.92 Å². The summed E-state index contributed by atoms with van der Waals surface area (Å²) >= 11 is 5.51. The van der Waals surface area contributed by atoms with Crippen molar-refractivity contribution in [2.75, 3.05) is 0 Å². The minimum atomic E-state index is -0.594. The van der Waals surface area contributed by atoms with Crippen LogP contribution in [0.3, 0.4) is 0 Å². The van der Waals surface area contributed by atoms with Crippen LogP contribution in [0.4, 0.5) is 4.39 Å². The van der Waals surface area contributed by atoms with Gasteiger partial charge in [-0.05, 0) is 13.0 Å². The third kappa shape index (κ3) is 1.64. The van der Waals surface area contributed by atoms with Crippen molar-refractivity contribution in [3.8, 4) is 0 Å². The van der Waals surface area contributed by atoms with E-state index in [1.54, 1.807) is 6.92 Å². The van der Waals surface area contributed by atoms with E-state index < -0.39 is 6.67 Å². The summed E-state index contributed by atoms with van der Waals surface area (Å²) < 4.78 is 11.9. The van der Waals surface area contributed by atoms with Crippen LogP contribution < -0.4 is 0 Å². The maximum Gasteiger partial charge on any atom is 0.133 e. The fourth-order valence-corrected chi connectivity index (χ4v) is 0.906. The van der Waals surface area contributed by atoms with Crippen LogP contribution in [0.5, 0.6) is 0 Å². The number of hydrogen-bond donors (Lipinski definition) is 0. The maximum atomic E-state index is 11.9. The van der Waals surface area contributed by atoms with Crippen molar-refractivity contribution in [3.05, 3.63) is 22.7 Å². The third-order valence-electron chi connectivity index (χ3n) is 0.997. The Labute approximate surface area is 63.1 Å². The number of alkyl halides is 1. The van der Waals surface area contributed by atoms with Crippen LogP contribution in [0.1, 0.15) is 11.5 Å². The third-order valence-corrected chi connectivity index (χ3v) is 1.19. The second-order valence-electron chi connectivity index (χ2n) is 1.86. The molecule has 0 aromatic carbocycles. The van der Waals surface area contributed by atoms with Gasteiger partial charge < -0.3 is 0 Å². The quantitative estimate of drug-likeness (QED) is 0.587. The van der Waals surface area contributed by atoms with Gasteiger partial charge in [0.15, 0.2) is 0 Å². The number of nitrogens with zero attached hydrogens (tertiary/aromatic N) is 2. The van der Waals surface area contributed by atoms with E-state index in [9.17, 15) is 4.39 Å². The highest BCUT2D eigenvalue weighted by Gasteiger charge is 1.97. The summed E-state index contributed by atoms with van der Waals surface area (Å²) in [4.78, 5) is 7.55. The Morgan fingerprint density at radius 2 is 2.30 bits per heavy atom. The van der Waals surface area contributed by atoms with Crippen LogP contribution in [0.2, 0.25) is 5.15 Å². The van der Waals surface area contributed by atoms with E-state index in [2.05, 4.69) is 9.97 Å². The summed E-state index contributed by atoms with van der Waals surface area (Å²) in [6.07, 6.45) is 0. The van der Waals surface area contributed by atoms with E-state index in [4.69, 9.17) is 11.6 Å². The highest BCUT2D eigenvalue weighted by atomic mass is 35.5. The molecule has 4 heteroatoms. The number of aryl methyl sites for hydroxylation is 1. The smallest absolute Gasteiger partial charge is 0.133 e. The topological polar surface area (TPSA) is 25.8 Å². The summed E-state index contributed by atoms with van der Waals surface area (Å²) in [6, 6.07) is 1.41. The molecule has 0 saturated heterocycles. The van der Waals surface area contributed by atoms with Crippen LogP contribution in [-0.4, -0.2) is 9.97 Å². The normalized spacial score (nSPS) is 9.90. The molecule has 0 spiro atoms. The molecule has 0 aliphatic heterocycles. The summed E-state index contributed by atoms with van der Waals surface area (Å²) in [6.45, 7) is 1.08. The average molecular weight is 161 g/mol. The van der Waals surface area contributed by atoms with Gasteiger partial charge in [0.25, 0.3) is 0 Å². The van der Waals surface area contributed by atoms with E-state index in [0.29, 0.717) is 16.7 Å². The molecule has 0 aliphatic carbocycles. The molecule has 1 aromatic rings. The van der Waals surface area contributed by atoms with Crippen molar-refractivity contribution in [2.24, 2.45) is 0 Å². The molecule has 0 amide bonds. The monoisotopic (exact) mass is 160 g/mol. The lowest BCUT2D eigenvalue weighted by atomic mass is 10.4.